The highest BCUT2D eigenvalue weighted by Gasteiger charge is 2.30. The van der Waals surface area contributed by atoms with E-state index in [2.05, 4.69) is 5.10 Å². The van der Waals surface area contributed by atoms with Gasteiger partial charge in [0.15, 0.2) is 0 Å². The summed E-state index contributed by atoms with van der Waals surface area (Å²) >= 11 is 5.90. The summed E-state index contributed by atoms with van der Waals surface area (Å²) in [6.45, 7) is 0.255. The van der Waals surface area contributed by atoms with Gasteiger partial charge in [0.25, 0.3) is 10.0 Å². The van der Waals surface area contributed by atoms with E-state index in [1.54, 1.807) is 18.3 Å². The van der Waals surface area contributed by atoms with E-state index in [9.17, 15) is 8.42 Å². The molecule has 1 aliphatic rings. The van der Waals surface area contributed by atoms with E-state index < -0.39 is 10.0 Å². The Bertz CT molecular complexity index is 1040. The molecule has 0 spiro atoms. The quantitative estimate of drug-likeness (QED) is 0.692. The van der Waals surface area contributed by atoms with E-state index in [4.69, 9.17) is 11.6 Å². The average molecular weight is 374 g/mol. The summed E-state index contributed by atoms with van der Waals surface area (Å²) in [5.41, 5.74) is 3.61. The first-order valence-corrected chi connectivity index (χ1v) is 9.64. The summed E-state index contributed by atoms with van der Waals surface area (Å²) in [6.07, 6.45) is 2.39. The summed E-state index contributed by atoms with van der Waals surface area (Å²) < 4.78 is 29.8. The van der Waals surface area contributed by atoms with Crippen molar-refractivity contribution in [2.75, 3.05) is 4.31 Å². The molecule has 0 aliphatic carbocycles. The fraction of sp³-hybridized carbons (Fsp3) is 0.167. The zero-order valence-electron chi connectivity index (χ0n) is 13.6. The minimum atomic E-state index is -3.71. The molecule has 25 heavy (non-hydrogen) atoms. The molecule has 0 fully saturated rings. The summed E-state index contributed by atoms with van der Waals surface area (Å²) in [7, 11) is -1.83. The molecule has 7 heteroatoms. The van der Waals surface area contributed by atoms with Crippen molar-refractivity contribution in [1.29, 1.82) is 0 Å². The van der Waals surface area contributed by atoms with Gasteiger partial charge in [-0.05, 0) is 35.9 Å². The van der Waals surface area contributed by atoms with Crippen LogP contribution in [0, 0.1) is 0 Å². The van der Waals surface area contributed by atoms with Crippen LogP contribution in [0.2, 0.25) is 5.02 Å². The number of halogens is 1. The van der Waals surface area contributed by atoms with Crippen LogP contribution in [0.3, 0.4) is 0 Å². The van der Waals surface area contributed by atoms with Gasteiger partial charge in [-0.3, -0.25) is 8.99 Å². The normalized spacial score (nSPS) is 13.9. The molecule has 0 amide bonds. The molecule has 0 atom stereocenters. The number of benzene rings is 2. The summed E-state index contributed by atoms with van der Waals surface area (Å²) in [5.74, 6) is 0. The number of anilines is 1. The maximum absolute atomic E-state index is 13.3. The molecule has 2 heterocycles. The van der Waals surface area contributed by atoms with Gasteiger partial charge in [-0.25, -0.2) is 8.42 Å². The van der Waals surface area contributed by atoms with E-state index in [0.717, 1.165) is 16.8 Å². The van der Waals surface area contributed by atoms with Crippen LogP contribution in [0.25, 0.3) is 0 Å². The molecular formula is C18H16ClN3O2S. The van der Waals surface area contributed by atoms with Gasteiger partial charge in [-0.1, -0.05) is 29.8 Å². The van der Waals surface area contributed by atoms with Gasteiger partial charge in [-0.2, -0.15) is 5.10 Å². The van der Waals surface area contributed by atoms with Gasteiger partial charge in [-0.15, -0.1) is 0 Å². The Hall–Kier alpha value is -2.31. The van der Waals surface area contributed by atoms with Crippen molar-refractivity contribution < 1.29 is 8.42 Å². The Balaban J connectivity index is 1.89. The lowest BCUT2D eigenvalue weighted by Gasteiger charge is -2.24. The van der Waals surface area contributed by atoms with E-state index in [1.165, 1.54) is 16.4 Å². The van der Waals surface area contributed by atoms with E-state index >= 15 is 0 Å². The van der Waals surface area contributed by atoms with Gasteiger partial charge in [0, 0.05) is 29.7 Å². The molecule has 0 unspecified atom stereocenters. The second-order valence-electron chi connectivity index (χ2n) is 6.01. The zero-order valence-corrected chi connectivity index (χ0v) is 15.1. The number of hydrogen-bond donors (Lipinski definition) is 0. The number of hydrogen-bond acceptors (Lipinski definition) is 3. The number of aryl methyl sites for hydroxylation is 1. The fourth-order valence-electron chi connectivity index (χ4n) is 3.14. The minimum Gasteiger partial charge on any atom is -0.272 e. The highest BCUT2D eigenvalue weighted by Crippen LogP contribution is 2.34. The van der Waals surface area contributed by atoms with Crippen LogP contribution in [-0.4, -0.2) is 18.2 Å². The number of para-hydroxylation sites is 1. The smallest absolute Gasteiger partial charge is 0.264 e. The summed E-state index contributed by atoms with van der Waals surface area (Å²) in [5, 5.41) is 4.80. The lowest BCUT2D eigenvalue weighted by molar-refractivity contribution is 0.590. The fourth-order valence-corrected chi connectivity index (χ4v) is 4.75. The molecular weight excluding hydrogens is 358 g/mol. The molecule has 0 saturated carbocycles. The highest BCUT2D eigenvalue weighted by molar-refractivity contribution is 7.92. The Morgan fingerprint density at radius 2 is 1.76 bits per heavy atom. The number of fused-ring (bicyclic) bond motifs is 2. The molecule has 1 aromatic heterocycles. The van der Waals surface area contributed by atoms with Gasteiger partial charge in [0.05, 0.1) is 23.3 Å². The number of rotatable bonds is 2. The van der Waals surface area contributed by atoms with Crippen LogP contribution in [0.5, 0.6) is 0 Å². The minimum absolute atomic E-state index is 0.221. The highest BCUT2D eigenvalue weighted by atomic mass is 35.5. The van der Waals surface area contributed by atoms with Crippen molar-refractivity contribution in [3.05, 3.63) is 76.6 Å². The van der Waals surface area contributed by atoms with Crippen molar-refractivity contribution in [2.24, 2.45) is 7.05 Å². The second kappa shape index (κ2) is 5.89. The number of nitrogens with zero attached hydrogens (tertiary/aromatic N) is 3. The van der Waals surface area contributed by atoms with Crippen molar-refractivity contribution >= 4 is 27.3 Å². The van der Waals surface area contributed by atoms with Crippen molar-refractivity contribution in [2.45, 2.75) is 17.9 Å². The topological polar surface area (TPSA) is 55.2 Å². The van der Waals surface area contributed by atoms with Gasteiger partial charge in [0.1, 0.15) is 0 Å². The molecule has 0 N–H and O–H groups in total. The van der Waals surface area contributed by atoms with E-state index in [1.807, 2.05) is 36.0 Å². The molecule has 2 aromatic carbocycles. The first-order chi connectivity index (χ1) is 12.0. The predicted molar refractivity (Wildman–Crippen MR) is 97.3 cm³/mol. The van der Waals surface area contributed by atoms with Crippen LogP contribution < -0.4 is 4.31 Å². The predicted octanol–water partition coefficient (Wildman–Crippen LogP) is 3.37. The van der Waals surface area contributed by atoms with Crippen molar-refractivity contribution in [3.8, 4) is 0 Å². The van der Waals surface area contributed by atoms with Crippen molar-refractivity contribution in [1.82, 2.24) is 9.78 Å². The molecule has 128 valence electrons. The molecule has 4 rings (SSSR count). The van der Waals surface area contributed by atoms with E-state index in [0.29, 0.717) is 17.1 Å². The van der Waals surface area contributed by atoms with Crippen LogP contribution in [0.15, 0.2) is 59.6 Å². The van der Waals surface area contributed by atoms with E-state index in [-0.39, 0.29) is 11.4 Å². The largest absolute Gasteiger partial charge is 0.272 e. The zero-order chi connectivity index (χ0) is 17.6. The number of sulfonamides is 1. The lowest BCUT2D eigenvalue weighted by Crippen LogP contribution is -2.30. The van der Waals surface area contributed by atoms with Crippen LogP contribution in [0.1, 0.15) is 16.8 Å². The third-order valence-corrected chi connectivity index (χ3v) is 6.51. The second-order valence-corrected chi connectivity index (χ2v) is 8.31. The Labute approximate surface area is 151 Å². The number of aromatic nitrogens is 2. The molecule has 0 bridgehead atoms. The summed E-state index contributed by atoms with van der Waals surface area (Å²) in [6, 6.07) is 13.8. The first kappa shape index (κ1) is 16.2. The lowest BCUT2D eigenvalue weighted by atomic mass is 10.1. The summed E-state index contributed by atoms with van der Waals surface area (Å²) in [4.78, 5) is 0.221. The maximum atomic E-state index is 13.3. The van der Waals surface area contributed by atoms with Gasteiger partial charge < -0.3 is 0 Å². The SMILES string of the molecule is Cn1ncc2c1Cc1ccccc1N(S(=O)(=O)c1ccc(Cl)cc1)C2. The third-order valence-electron chi connectivity index (χ3n) is 4.48. The Kier molecular flexibility index (Phi) is 3.81. The standard InChI is InChI=1S/C18H16ClN3O2S/c1-21-18-10-13-4-2-3-5-17(13)22(12-14(18)11-20-21)25(23,24)16-8-6-15(19)7-9-16/h2-9,11H,10,12H2,1H3. The average Bonchev–Trinajstić information content (AvgIpc) is 2.85. The Morgan fingerprint density at radius 1 is 1.04 bits per heavy atom. The molecule has 3 aromatic rings. The van der Waals surface area contributed by atoms with Crippen LogP contribution >= 0.6 is 11.6 Å². The third kappa shape index (κ3) is 2.71. The maximum Gasteiger partial charge on any atom is 0.264 e. The van der Waals surface area contributed by atoms with Gasteiger partial charge >= 0.3 is 0 Å². The van der Waals surface area contributed by atoms with Gasteiger partial charge in [0.2, 0.25) is 0 Å². The molecule has 0 saturated heterocycles. The van der Waals surface area contributed by atoms with Crippen LogP contribution in [0.4, 0.5) is 5.69 Å². The monoisotopic (exact) mass is 373 g/mol. The van der Waals surface area contributed by atoms with Crippen molar-refractivity contribution in [3.63, 3.8) is 0 Å². The molecule has 5 nitrogen and oxygen atoms in total. The first-order valence-electron chi connectivity index (χ1n) is 7.83. The molecule has 1 aliphatic heterocycles. The molecule has 0 radical (unpaired) electrons. The Morgan fingerprint density at radius 3 is 2.52 bits per heavy atom. The van der Waals surface area contributed by atoms with Crippen LogP contribution in [-0.2, 0) is 30.0 Å².